The molecule has 20 heavy (non-hydrogen) atoms. The van der Waals surface area contributed by atoms with E-state index in [9.17, 15) is 0 Å². The summed E-state index contributed by atoms with van der Waals surface area (Å²) in [5, 5.41) is 3.29. The third-order valence-corrected chi connectivity index (χ3v) is 2.55. The Morgan fingerprint density at radius 3 is 2.40 bits per heavy atom. The highest BCUT2D eigenvalue weighted by atomic mass is 16.5. The summed E-state index contributed by atoms with van der Waals surface area (Å²) in [7, 11) is 1.66. The van der Waals surface area contributed by atoms with Gasteiger partial charge in [-0.3, -0.25) is 0 Å². The molecule has 0 aliphatic rings. The molecule has 0 aliphatic heterocycles. The molecular weight excluding hydrogens is 258 g/mol. The molecule has 0 spiro atoms. The fourth-order valence-electron chi connectivity index (χ4n) is 1.67. The Bertz CT molecular complexity index is 371. The van der Waals surface area contributed by atoms with Crippen molar-refractivity contribution in [1.82, 2.24) is 0 Å². The van der Waals surface area contributed by atoms with Crippen molar-refractivity contribution in [3.05, 3.63) is 18.2 Å². The second kappa shape index (κ2) is 10.3. The van der Waals surface area contributed by atoms with E-state index in [0.717, 1.165) is 23.7 Å². The Labute approximate surface area is 121 Å². The van der Waals surface area contributed by atoms with E-state index in [2.05, 4.69) is 5.32 Å². The number of hydrogen-bond acceptors (Lipinski definition) is 5. The minimum absolute atomic E-state index is 0.615. The zero-order chi connectivity index (χ0) is 14.6. The molecule has 0 saturated carbocycles. The molecule has 114 valence electrons. The van der Waals surface area contributed by atoms with Crippen LogP contribution < -0.4 is 14.8 Å². The van der Waals surface area contributed by atoms with E-state index in [4.69, 9.17) is 18.9 Å². The molecule has 1 rings (SSSR count). The van der Waals surface area contributed by atoms with Gasteiger partial charge in [0, 0.05) is 25.4 Å². The highest BCUT2D eigenvalue weighted by molar-refractivity contribution is 5.54. The van der Waals surface area contributed by atoms with Gasteiger partial charge in [-0.15, -0.1) is 0 Å². The van der Waals surface area contributed by atoms with Gasteiger partial charge in [-0.2, -0.15) is 0 Å². The number of anilines is 1. The Morgan fingerprint density at radius 1 is 0.950 bits per heavy atom. The van der Waals surface area contributed by atoms with Crippen LogP contribution in [0, 0.1) is 0 Å². The Balaban J connectivity index is 2.43. The van der Waals surface area contributed by atoms with Gasteiger partial charge in [-0.05, 0) is 26.0 Å². The predicted octanol–water partition coefficient (Wildman–Crippen LogP) is 2.56. The monoisotopic (exact) mass is 283 g/mol. The molecule has 0 saturated heterocycles. The van der Waals surface area contributed by atoms with Gasteiger partial charge < -0.3 is 24.3 Å². The van der Waals surface area contributed by atoms with Gasteiger partial charge in [-0.25, -0.2) is 0 Å². The maximum Gasteiger partial charge on any atom is 0.163 e. The third kappa shape index (κ3) is 6.12. The van der Waals surface area contributed by atoms with Gasteiger partial charge in [0.15, 0.2) is 11.5 Å². The van der Waals surface area contributed by atoms with Crippen molar-refractivity contribution in [2.24, 2.45) is 0 Å². The van der Waals surface area contributed by atoms with Crippen LogP contribution in [0.1, 0.15) is 13.8 Å². The van der Waals surface area contributed by atoms with Crippen molar-refractivity contribution in [3.63, 3.8) is 0 Å². The average molecular weight is 283 g/mol. The molecule has 0 bridgehead atoms. The van der Waals surface area contributed by atoms with Crippen LogP contribution in [-0.4, -0.2) is 46.7 Å². The van der Waals surface area contributed by atoms with Crippen molar-refractivity contribution in [2.45, 2.75) is 13.8 Å². The van der Waals surface area contributed by atoms with Crippen molar-refractivity contribution in [2.75, 3.05) is 52.0 Å². The van der Waals surface area contributed by atoms with Crippen LogP contribution in [0.4, 0.5) is 5.69 Å². The minimum Gasteiger partial charge on any atom is -0.490 e. The largest absolute Gasteiger partial charge is 0.490 e. The number of benzene rings is 1. The summed E-state index contributed by atoms with van der Waals surface area (Å²) in [6.45, 7) is 7.77. The van der Waals surface area contributed by atoms with Crippen LogP contribution in [-0.2, 0) is 9.47 Å². The lowest BCUT2D eigenvalue weighted by Gasteiger charge is -2.13. The molecule has 1 N–H and O–H groups in total. The maximum absolute atomic E-state index is 5.58. The van der Waals surface area contributed by atoms with Crippen LogP contribution in [0.2, 0.25) is 0 Å². The summed E-state index contributed by atoms with van der Waals surface area (Å²) < 4.78 is 21.4. The second-order valence-electron chi connectivity index (χ2n) is 4.06. The molecule has 1 aromatic rings. The summed E-state index contributed by atoms with van der Waals surface area (Å²) >= 11 is 0. The van der Waals surface area contributed by atoms with E-state index in [1.165, 1.54) is 0 Å². The second-order valence-corrected chi connectivity index (χ2v) is 4.06. The maximum atomic E-state index is 5.58. The third-order valence-electron chi connectivity index (χ3n) is 2.55. The van der Waals surface area contributed by atoms with Gasteiger partial charge in [0.25, 0.3) is 0 Å². The van der Waals surface area contributed by atoms with Crippen molar-refractivity contribution in [3.8, 4) is 11.5 Å². The van der Waals surface area contributed by atoms with Gasteiger partial charge >= 0.3 is 0 Å². The Morgan fingerprint density at radius 2 is 1.70 bits per heavy atom. The zero-order valence-electron chi connectivity index (χ0n) is 12.6. The lowest BCUT2D eigenvalue weighted by atomic mass is 10.2. The molecule has 0 aliphatic carbocycles. The molecule has 0 atom stereocenters. The molecule has 5 nitrogen and oxygen atoms in total. The van der Waals surface area contributed by atoms with E-state index >= 15 is 0 Å². The van der Waals surface area contributed by atoms with E-state index in [1.54, 1.807) is 7.11 Å². The normalized spacial score (nSPS) is 10.3. The SMILES string of the molecule is CCOc1ccc(NCCOCCOC)cc1OCC. The molecule has 0 radical (unpaired) electrons. The smallest absolute Gasteiger partial charge is 0.163 e. The minimum atomic E-state index is 0.615. The number of nitrogens with one attached hydrogen (secondary N) is 1. The number of hydrogen-bond donors (Lipinski definition) is 1. The molecule has 0 amide bonds. The standard InChI is InChI=1S/C15H25NO4/c1-4-19-14-7-6-13(12-15(14)20-5-2)16-8-9-18-11-10-17-3/h6-7,12,16H,4-5,8-11H2,1-3H3. The highest BCUT2D eigenvalue weighted by Gasteiger charge is 2.05. The topological polar surface area (TPSA) is 49.0 Å². The Hall–Kier alpha value is -1.46. The molecule has 0 aromatic heterocycles. The first-order chi connectivity index (χ1) is 9.81. The van der Waals surface area contributed by atoms with Crippen LogP contribution in [0.5, 0.6) is 11.5 Å². The number of rotatable bonds is 11. The molecule has 0 heterocycles. The van der Waals surface area contributed by atoms with Gasteiger partial charge in [0.1, 0.15) is 0 Å². The van der Waals surface area contributed by atoms with E-state index in [-0.39, 0.29) is 0 Å². The lowest BCUT2D eigenvalue weighted by molar-refractivity contribution is 0.0759. The first-order valence-corrected chi connectivity index (χ1v) is 7.02. The van der Waals surface area contributed by atoms with Gasteiger partial charge in [-0.1, -0.05) is 0 Å². The summed E-state index contributed by atoms with van der Waals surface area (Å²) in [4.78, 5) is 0. The summed E-state index contributed by atoms with van der Waals surface area (Å²) in [5.74, 6) is 1.54. The van der Waals surface area contributed by atoms with Gasteiger partial charge in [0.05, 0.1) is 33.0 Å². The molecule has 1 aromatic carbocycles. The highest BCUT2D eigenvalue weighted by Crippen LogP contribution is 2.30. The summed E-state index contributed by atoms with van der Waals surface area (Å²) in [5.41, 5.74) is 0.993. The van der Waals surface area contributed by atoms with Crippen LogP contribution >= 0.6 is 0 Å². The van der Waals surface area contributed by atoms with Crippen molar-refractivity contribution >= 4 is 5.69 Å². The molecule has 5 heteroatoms. The molecule has 0 fully saturated rings. The van der Waals surface area contributed by atoms with Crippen molar-refractivity contribution in [1.29, 1.82) is 0 Å². The fourth-order valence-corrected chi connectivity index (χ4v) is 1.67. The number of ether oxygens (including phenoxy) is 4. The Kier molecular flexibility index (Phi) is 8.58. The fraction of sp³-hybridized carbons (Fsp3) is 0.600. The number of methoxy groups -OCH3 is 1. The summed E-state index contributed by atoms with van der Waals surface area (Å²) in [6.07, 6.45) is 0. The molecular formula is C15H25NO4. The lowest BCUT2D eigenvalue weighted by Crippen LogP contribution is -2.12. The first kappa shape index (κ1) is 16.6. The molecule has 0 unspecified atom stereocenters. The van der Waals surface area contributed by atoms with Crippen molar-refractivity contribution < 1.29 is 18.9 Å². The zero-order valence-corrected chi connectivity index (χ0v) is 12.6. The summed E-state index contributed by atoms with van der Waals surface area (Å²) in [6, 6.07) is 5.84. The van der Waals surface area contributed by atoms with Crippen LogP contribution in [0.25, 0.3) is 0 Å². The van der Waals surface area contributed by atoms with Gasteiger partial charge in [0.2, 0.25) is 0 Å². The average Bonchev–Trinajstić information content (AvgIpc) is 2.46. The quantitative estimate of drug-likeness (QED) is 0.632. The first-order valence-electron chi connectivity index (χ1n) is 7.02. The predicted molar refractivity (Wildman–Crippen MR) is 80.0 cm³/mol. The van der Waals surface area contributed by atoms with Crippen LogP contribution in [0.3, 0.4) is 0 Å². The van der Waals surface area contributed by atoms with E-state index in [0.29, 0.717) is 33.0 Å². The van der Waals surface area contributed by atoms with E-state index in [1.807, 2.05) is 32.0 Å². The van der Waals surface area contributed by atoms with Crippen LogP contribution in [0.15, 0.2) is 18.2 Å². The van der Waals surface area contributed by atoms with E-state index < -0.39 is 0 Å².